The van der Waals surface area contributed by atoms with Gasteiger partial charge in [-0.25, -0.2) is 0 Å². The molecule has 1 aliphatic heterocycles. The number of benzene rings is 1. The van der Waals surface area contributed by atoms with E-state index in [1.165, 1.54) is 34.8 Å². The summed E-state index contributed by atoms with van der Waals surface area (Å²) in [6.07, 6.45) is -4.58. The molecule has 1 aliphatic rings. The number of amides is 1. The molecule has 176 valence electrons. The maximum absolute atomic E-state index is 11.9. The largest absolute Gasteiger partial charge is 0.497 e. The number of esters is 3. The molecule has 1 heterocycles. The lowest BCUT2D eigenvalue weighted by molar-refractivity contribution is -0.257. The second-order valence-corrected chi connectivity index (χ2v) is 7.01. The molecule has 0 aromatic heterocycles. The molecule has 1 aromatic carbocycles. The van der Waals surface area contributed by atoms with Gasteiger partial charge in [0.1, 0.15) is 30.3 Å². The molecule has 1 saturated heterocycles. The standard InChI is InChI=1S/C21H27NO10/c1-11(23)22-18-20(30-14(4)26)19(29-13(3)25)17(10-28-12(2)24)32-21(18)31-16-8-6-15(27-5)7-9-16/h6-9,17-21H,10H2,1-5H3,(H,22,23)/t17-,18+,19-,20+,21-/m1/s1. The highest BCUT2D eigenvalue weighted by molar-refractivity contribution is 5.73. The fourth-order valence-electron chi connectivity index (χ4n) is 3.18. The molecule has 0 unspecified atom stereocenters. The van der Waals surface area contributed by atoms with Crippen LogP contribution in [0.15, 0.2) is 24.3 Å². The average molecular weight is 453 g/mol. The van der Waals surface area contributed by atoms with Gasteiger partial charge in [-0.3, -0.25) is 19.2 Å². The molecule has 0 saturated carbocycles. The van der Waals surface area contributed by atoms with Crippen molar-refractivity contribution in [3.8, 4) is 11.5 Å². The first-order chi connectivity index (χ1) is 15.1. The molecule has 0 aliphatic carbocycles. The summed E-state index contributed by atoms with van der Waals surface area (Å²) >= 11 is 0. The first kappa shape index (κ1) is 24.9. The molecular weight excluding hydrogens is 426 g/mol. The molecule has 0 spiro atoms. The van der Waals surface area contributed by atoms with Crippen molar-refractivity contribution in [2.45, 2.75) is 58.3 Å². The molecule has 5 atom stereocenters. The Morgan fingerprint density at radius 1 is 0.875 bits per heavy atom. The Bertz CT molecular complexity index is 824. The highest BCUT2D eigenvalue weighted by atomic mass is 16.7. The molecule has 1 aromatic rings. The Kier molecular flexibility index (Phi) is 8.82. The van der Waals surface area contributed by atoms with Gasteiger partial charge < -0.3 is 33.7 Å². The van der Waals surface area contributed by atoms with E-state index in [1.54, 1.807) is 24.3 Å². The van der Waals surface area contributed by atoms with Crippen LogP contribution in [0.4, 0.5) is 0 Å². The van der Waals surface area contributed by atoms with Crippen LogP contribution in [-0.4, -0.2) is 68.2 Å². The van der Waals surface area contributed by atoms with Gasteiger partial charge in [0, 0.05) is 27.7 Å². The van der Waals surface area contributed by atoms with Crippen LogP contribution in [0.3, 0.4) is 0 Å². The van der Waals surface area contributed by atoms with Crippen LogP contribution < -0.4 is 14.8 Å². The zero-order valence-corrected chi connectivity index (χ0v) is 18.5. The van der Waals surface area contributed by atoms with Crippen molar-refractivity contribution in [1.82, 2.24) is 5.32 Å². The third kappa shape index (κ3) is 7.12. The number of methoxy groups -OCH3 is 1. The molecule has 2 rings (SSSR count). The molecule has 1 N–H and O–H groups in total. The van der Waals surface area contributed by atoms with Crippen LogP contribution >= 0.6 is 0 Å². The minimum absolute atomic E-state index is 0.305. The van der Waals surface area contributed by atoms with E-state index < -0.39 is 54.5 Å². The molecule has 11 heteroatoms. The Morgan fingerprint density at radius 3 is 1.94 bits per heavy atom. The Labute approximate surface area is 185 Å². The normalized spacial score (nSPS) is 24.6. The van der Waals surface area contributed by atoms with Crippen molar-refractivity contribution in [3.63, 3.8) is 0 Å². The highest BCUT2D eigenvalue weighted by Gasteiger charge is 2.51. The molecule has 32 heavy (non-hydrogen) atoms. The van der Waals surface area contributed by atoms with Crippen molar-refractivity contribution in [1.29, 1.82) is 0 Å². The third-order valence-electron chi connectivity index (χ3n) is 4.38. The van der Waals surface area contributed by atoms with E-state index in [-0.39, 0.29) is 6.61 Å². The topological polar surface area (TPSA) is 136 Å². The van der Waals surface area contributed by atoms with Crippen molar-refractivity contribution < 1.29 is 47.6 Å². The van der Waals surface area contributed by atoms with Gasteiger partial charge in [-0.1, -0.05) is 0 Å². The molecule has 1 fully saturated rings. The first-order valence-electron chi connectivity index (χ1n) is 9.81. The van der Waals surface area contributed by atoms with Crippen LogP contribution in [0.25, 0.3) is 0 Å². The van der Waals surface area contributed by atoms with Gasteiger partial charge in [-0.2, -0.15) is 0 Å². The van der Waals surface area contributed by atoms with Gasteiger partial charge in [0.2, 0.25) is 12.2 Å². The van der Waals surface area contributed by atoms with Gasteiger partial charge in [-0.05, 0) is 24.3 Å². The van der Waals surface area contributed by atoms with Crippen LogP contribution in [-0.2, 0) is 38.1 Å². The fraction of sp³-hybridized carbons (Fsp3) is 0.524. The molecular formula is C21H27NO10. The van der Waals surface area contributed by atoms with Crippen molar-refractivity contribution in [2.75, 3.05) is 13.7 Å². The Balaban J connectivity index is 2.42. The van der Waals surface area contributed by atoms with E-state index in [0.717, 1.165) is 0 Å². The lowest BCUT2D eigenvalue weighted by Crippen LogP contribution is -2.67. The van der Waals surface area contributed by atoms with E-state index in [1.807, 2.05) is 0 Å². The minimum atomic E-state index is -1.18. The number of hydrogen-bond acceptors (Lipinski definition) is 10. The molecule has 1 amide bonds. The van der Waals surface area contributed by atoms with Crippen LogP contribution in [0.2, 0.25) is 0 Å². The van der Waals surface area contributed by atoms with Crippen LogP contribution in [0.5, 0.6) is 11.5 Å². The summed E-state index contributed by atoms with van der Waals surface area (Å²) < 4.78 is 32.7. The number of ether oxygens (including phenoxy) is 6. The van der Waals surface area contributed by atoms with Crippen molar-refractivity contribution in [2.24, 2.45) is 0 Å². The van der Waals surface area contributed by atoms with E-state index in [0.29, 0.717) is 11.5 Å². The average Bonchev–Trinajstić information content (AvgIpc) is 2.70. The predicted octanol–water partition coefficient (Wildman–Crippen LogP) is 0.730. The maximum atomic E-state index is 11.9. The number of carbonyl (C=O) groups is 4. The predicted molar refractivity (Wildman–Crippen MR) is 108 cm³/mol. The quantitative estimate of drug-likeness (QED) is 0.443. The number of rotatable bonds is 8. The van der Waals surface area contributed by atoms with Gasteiger partial charge in [0.25, 0.3) is 0 Å². The second-order valence-electron chi connectivity index (χ2n) is 7.01. The monoisotopic (exact) mass is 453 g/mol. The SMILES string of the molecule is COc1ccc(O[C@@H]2O[C@H](COC(C)=O)[C@@H](OC(C)=O)[C@@H](OC(C)=O)[C@@H]2NC(C)=O)cc1. The van der Waals surface area contributed by atoms with Crippen LogP contribution in [0.1, 0.15) is 27.7 Å². The van der Waals surface area contributed by atoms with Crippen molar-refractivity contribution >= 4 is 23.8 Å². The molecule has 0 bridgehead atoms. The first-order valence-corrected chi connectivity index (χ1v) is 9.81. The summed E-state index contributed by atoms with van der Waals surface area (Å²) in [7, 11) is 1.52. The van der Waals surface area contributed by atoms with E-state index in [4.69, 9.17) is 28.4 Å². The summed E-state index contributed by atoms with van der Waals surface area (Å²) in [6.45, 7) is 4.51. The summed E-state index contributed by atoms with van der Waals surface area (Å²) in [5, 5.41) is 2.63. The highest BCUT2D eigenvalue weighted by Crippen LogP contribution is 2.29. The van der Waals surface area contributed by atoms with E-state index >= 15 is 0 Å². The zero-order chi connectivity index (χ0) is 23.8. The smallest absolute Gasteiger partial charge is 0.303 e. The summed E-state index contributed by atoms with van der Waals surface area (Å²) in [4.78, 5) is 46.8. The number of carbonyl (C=O) groups excluding carboxylic acids is 4. The molecule has 0 radical (unpaired) electrons. The second kappa shape index (κ2) is 11.3. The van der Waals surface area contributed by atoms with Crippen molar-refractivity contribution in [3.05, 3.63) is 24.3 Å². The maximum Gasteiger partial charge on any atom is 0.303 e. The van der Waals surface area contributed by atoms with E-state index in [2.05, 4.69) is 5.32 Å². The summed E-state index contributed by atoms with van der Waals surface area (Å²) in [5.41, 5.74) is 0. The lowest BCUT2D eigenvalue weighted by atomic mass is 9.96. The molecule has 11 nitrogen and oxygen atoms in total. The number of nitrogens with one attached hydrogen (secondary N) is 1. The number of hydrogen-bond donors (Lipinski definition) is 1. The minimum Gasteiger partial charge on any atom is -0.497 e. The van der Waals surface area contributed by atoms with Gasteiger partial charge in [-0.15, -0.1) is 0 Å². The Hall–Kier alpha value is -3.34. The zero-order valence-electron chi connectivity index (χ0n) is 18.5. The lowest BCUT2D eigenvalue weighted by Gasteiger charge is -2.44. The van der Waals surface area contributed by atoms with E-state index in [9.17, 15) is 19.2 Å². The van der Waals surface area contributed by atoms with Gasteiger partial charge >= 0.3 is 17.9 Å². The van der Waals surface area contributed by atoms with Crippen LogP contribution in [0, 0.1) is 0 Å². The summed E-state index contributed by atoms with van der Waals surface area (Å²) in [5.74, 6) is -1.45. The summed E-state index contributed by atoms with van der Waals surface area (Å²) in [6, 6.07) is 5.51. The van der Waals surface area contributed by atoms with Gasteiger partial charge in [0.15, 0.2) is 12.2 Å². The fourth-order valence-corrected chi connectivity index (χ4v) is 3.18. The van der Waals surface area contributed by atoms with Gasteiger partial charge in [0.05, 0.1) is 7.11 Å². The Morgan fingerprint density at radius 2 is 1.44 bits per heavy atom. The third-order valence-corrected chi connectivity index (χ3v) is 4.38.